The molecule has 0 aliphatic carbocycles. The van der Waals surface area contributed by atoms with Gasteiger partial charge in [0.2, 0.25) is 0 Å². The Morgan fingerprint density at radius 2 is 2.17 bits per heavy atom. The number of benzene rings is 1. The van der Waals surface area contributed by atoms with Crippen LogP contribution in [-0.2, 0) is 6.54 Å². The summed E-state index contributed by atoms with van der Waals surface area (Å²) >= 11 is 9.33. The molecule has 0 spiro atoms. The van der Waals surface area contributed by atoms with Crippen molar-refractivity contribution in [3.63, 3.8) is 0 Å². The zero-order chi connectivity index (χ0) is 13.0. The molecule has 1 aromatic carbocycles. The van der Waals surface area contributed by atoms with Crippen molar-refractivity contribution >= 4 is 33.2 Å². The fourth-order valence-corrected chi connectivity index (χ4v) is 2.11. The lowest BCUT2D eigenvalue weighted by atomic mass is 10.2. The number of nitriles is 1. The van der Waals surface area contributed by atoms with Crippen molar-refractivity contribution < 1.29 is 0 Å². The van der Waals surface area contributed by atoms with E-state index in [4.69, 9.17) is 16.9 Å². The quantitative estimate of drug-likeness (QED) is 0.930. The first kappa shape index (κ1) is 12.9. The van der Waals surface area contributed by atoms with Crippen LogP contribution in [0.2, 0.25) is 5.02 Å². The molecule has 1 heterocycles. The van der Waals surface area contributed by atoms with Crippen LogP contribution in [0.1, 0.15) is 11.1 Å². The van der Waals surface area contributed by atoms with Crippen molar-refractivity contribution in [3.05, 3.63) is 57.3 Å². The summed E-state index contributed by atoms with van der Waals surface area (Å²) < 4.78 is 0.944. The van der Waals surface area contributed by atoms with Gasteiger partial charge in [-0.3, -0.25) is 4.98 Å². The largest absolute Gasteiger partial charge is 0.381 e. The zero-order valence-electron chi connectivity index (χ0n) is 9.32. The van der Waals surface area contributed by atoms with Crippen LogP contribution in [0.3, 0.4) is 0 Å². The van der Waals surface area contributed by atoms with Crippen LogP contribution >= 0.6 is 27.5 Å². The predicted octanol–water partition coefficient (Wildman–Crippen LogP) is 3.98. The molecule has 0 fully saturated rings. The van der Waals surface area contributed by atoms with Crippen molar-refractivity contribution in [2.45, 2.75) is 6.54 Å². The minimum absolute atomic E-state index is 0.454. The fraction of sp³-hybridized carbons (Fsp3) is 0.0769. The molecule has 90 valence electrons. The third kappa shape index (κ3) is 3.22. The van der Waals surface area contributed by atoms with E-state index in [-0.39, 0.29) is 0 Å². The van der Waals surface area contributed by atoms with E-state index in [2.05, 4.69) is 26.2 Å². The van der Waals surface area contributed by atoms with E-state index in [0.717, 1.165) is 15.7 Å². The molecule has 0 unspecified atom stereocenters. The molecule has 3 nitrogen and oxygen atoms in total. The number of hydrogen-bond donors (Lipinski definition) is 1. The molecule has 0 atom stereocenters. The lowest BCUT2D eigenvalue weighted by Gasteiger charge is -2.07. The Balaban J connectivity index is 2.07. The first-order chi connectivity index (χ1) is 8.69. The van der Waals surface area contributed by atoms with Crippen LogP contribution in [-0.4, -0.2) is 4.98 Å². The number of rotatable bonds is 3. The van der Waals surface area contributed by atoms with Crippen LogP contribution in [0.25, 0.3) is 0 Å². The van der Waals surface area contributed by atoms with Gasteiger partial charge in [-0.1, -0.05) is 11.6 Å². The monoisotopic (exact) mass is 321 g/mol. The maximum Gasteiger partial charge on any atom is 0.101 e. The van der Waals surface area contributed by atoms with Crippen molar-refractivity contribution in [2.75, 3.05) is 5.32 Å². The molecule has 1 aromatic heterocycles. The summed E-state index contributed by atoms with van der Waals surface area (Å²) in [6.07, 6.45) is 3.53. The molecule has 2 aromatic rings. The molecule has 2 rings (SSSR count). The van der Waals surface area contributed by atoms with Gasteiger partial charge < -0.3 is 5.32 Å². The number of halogens is 2. The molecule has 0 bridgehead atoms. The van der Waals surface area contributed by atoms with Gasteiger partial charge in [0.05, 0.1) is 10.6 Å². The summed E-state index contributed by atoms with van der Waals surface area (Å²) in [5.41, 5.74) is 2.41. The van der Waals surface area contributed by atoms with Gasteiger partial charge in [-0.2, -0.15) is 5.26 Å². The third-order valence-electron chi connectivity index (χ3n) is 2.35. The molecule has 0 aliphatic heterocycles. The van der Waals surface area contributed by atoms with Crippen LogP contribution in [0.15, 0.2) is 41.1 Å². The average Bonchev–Trinajstić information content (AvgIpc) is 2.37. The molecule has 0 saturated heterocycles. The Morgan fingerprint density at radius 1 is 1.33 bits per heavy atom. The average molecular weight is 323 g/mol. The number of pyridine rings is 1. The standard InChI is InChI=1S/C13H9BrClN3/c14-11-3-9(6-17-8-11)7-18-12-2-1-10(5-16)13(15)4-12/h1-4,6,8,18H,7H2. The number of aromatic nitrogens is 1. The SMILES string of the molecule is N#Cc1ccc(NCc2cncc(Br)c2)cc1Cl. The van der Waals surface area contributed by atoms with E-state index in [1.807, 2.05) is 18.2 Å². The van der Waals surface area contributed by atoms with Crippen molar-refractivity contribution in [2.24, 2.45) is 0 Å². The maximum absolute atomic E-state index is 8.78. The minimum Gasteiger partial charge on any atom is -0.381 e. The Hall–Kier alpha value is -1.57. The fourth-order valence-electron chi connectivity index (χ4n) is 1.47. The second-order valence-electron chi connectivity index (χ2n) is 3.67. The third-order valence-corrected chi connectivity index (χ3v) is 3.09. The molecule has 0 saturated carbocycles. The van der Waals surface area contributed by atoms with E-state index in [9.17, 15) is 0 Å². The summed E-state index contributed by atoms with van der Waals surface area (Å²) in [6.45, 7) is 0.647. The van der Waals surface area contributed by atoms with Crippen LogP contribution in [0, 0.1) is 11.3 Å². The second kappa shape index (κ2) is 5.85. The molecule has 0 amide bonds. The van der Waals surface area contributed by atoms with Gasteiger partial charge in [-0.05, 0) is 45.8 Å². The van der Waals surface area contributed by atoms with Gasteiger partial charge in [-0.15, -0.1) is 0 Å². The number of hydrogen-bond acceptors (Lipinski definition) is 3. The van der Waals surface area contributed by atoms with E-state index in [1.165, 1.54) is 0 Å². The highest BCUT2D eigenvalue weighted by Crippen LogP contribution is 2.20. The van der Waals surface area contributed by atoms with Gasteiger partial charge in [0, 0.05) is 29.1 Å². The summed E-state index contributed by atoms with van der Waals surface area (Å²) in [6, 6.07) is 9.29. The van der Waals surface area contributed by atoms with E-state index in [1.54, 1.807) is 24.5 Å². The lowest BCUT2D eigenvalue weighted by molar-refractivity contribution is 1.11. The van der Waals surface area contributed by atoms with E-state index >= 15 is 0 Å². The Morgan fingerprint density at radius 3 is 2.83 bits per heavy atom. The molecular weight excluding hydrogens is 314 g/mol. The summed E-state index contributed by atoms with van der Waals surface area (Å²) in [7, 11) is 0. The van der Waals surface area contributed by atoms with Crippen LogP contribution in [0.5, 0.6) is 0 Å². The lowest BCUT2D eigenvalue weighted by Crippen LogP contribution is -2.00. The van der Waals surface area contributed by atoms with Crippen LogP contribution in [0.4, 0.5) is 5.69 Å². The Labute approximate surface area is 119 Å². The maximum atomic E-state index is 8.78. The molecule has 5 heteroatoms. The molecule has 0 aliphatic rings. The van der Waals surface area contributed by atoms with Crippen molar-refractivity contribution in [1.29, 1.82) is 5.26 Å². The number of nitrogens with one attached hydrogen (secondary N) is 1. The first-order valence-electron chi connectivity index (χ1n) is 5.22. The predicted molar refractivity (Wildman–Crippen MR) is 75.4 cm³/mol. The van der Waals surface area contributed by atoms with Crippen molar-refractivity contribution in [1.82, 2.24) is 4.98 Å². The molecule has 1 N–H and O–H groups in total. The normalized spacial score (nSPS) is 9.83. The second-order valence-corrected chi connectivity index (χ2v) is 4.99. The summed E-state index contributed by atoms with van der Waals surface area (Å²) in [5, 5.41) is 12.5. The Kier molecular flexibility index (Phi) is 4.19. The van der Waals surface area contributed by atoms with Crippen LogP contribution < -0.4 is 5.32 Å². The minimum atomic E-state index is 0.454. The van der Waals surface area contributed by atoms with Gasteiger partial charge in [0.1, 0.15) is 6.07 Å². The molecule has 18 heavy (non-hydrogen) atoms. The highest BCUT2D eigenvalue weighted by Gasteiger charge is 2.01. The topological polar surface area (TPSA) is 48.7 Å². The number of nitrogens with zero attached hydrogens (tertiary/aromatic N) is 2. The number of anilines is 1. The van der Waals surface area contributed by atoms with Gasteiger partial charge >= 0.3 is 0 Å². The zero-order valence-corrected chi connectivity index (χ0v) is 11.7. The Bertz CT molecular complexity index is 607. The van der Waals surface area contributed by atoms with Gasteiger partial charge in [0.25, 0.3) is 0 Å². The summed E-state index contributed by atoms with van der Waals surface area (Å²) in [4.78, 5) is 4.09. The van der Waals surface area contributed by atoms with Gasteiger partial charge in [0.15, 0.2) is 0 Å². The van der Waals surface area contributed by atoms with Crippen molar-refractivity contribution in [3.8, 4) is 6.07 Å². The van der Waals surface area contributed by atoms with Gasteiger partial charge in [-0.25, -0.2) is 0 Å². The first-order valence-corrected chi connectivity index (χ1v) is 6.39. The summed E-state index contributed by atoms with van der Waals surface area (Å²) in [5.74, 6) is 0. The highest BCUT2D eigenvalue weighted by molar-refractivity contribution is 9.10. The molecular formula is C13H9BrClN3. The smallest absolute Gasteiger partial charge is 0.101 e. The highest BCUT2D eigenvalue weighted by atomic mass is 79.9. The van der Waals surface area contributed by atoms with E-state index in [0.29, 0.717) is 17.1 Å². The molecule has 0 radical (unpaired) electrons. The van der Waals surface area contributed by atoms with E-state index < -0.39 is 0 Å².